The van der Waals surface area contributed by atoms with Crippen LogP contribution in [0.4, 0.5) is 0 Å². The summed E-state index contributed by atoms with van der Waals surface area (Å²) in [6, 6.07) is 5.31. The third kappa shape index (κ3) is 3.33. The van der Waals surface area contributed by atoms with Gasteiger partial charge in [-0.05, 0) is 38.4 Å². The SMILES string of the molecule is Cc1ccc(S(=O)(=O)C(=O)C(Cl)C(=O)[C@@H]2CCCN2)cc1. The quantitative estimate of drug-likeness (QED) is 0.663. The molecule has 0 aliphatic carbocycles. The van der Waals surface area contributed by atoms with E-state index in [1.54, 1.807) is 19.1 Å². The molecule has 7 heteroatoms. The molecule has 0 saturated carbocycles. The molecule has 0 radical (unpaired) electrons. The Morgan fingerprint density at radius 3 is 2.43 bits per heavy atom. The van der Waals surface area contributed by atoms with Gasteiger partial charge in [-0.1, -0.05) is 17.7 Å². The highest BCUT2D eigenvalue weighted by Gasteiger charge is 2.39. The largest absolute Gasteiger partial charge is 0.307 e. The molecule has 1 fully saturated rings. The van der Waals surface area contributed by atoms with Crippen LogP contribution in [0.25, 0.3) is 0 Å². The Kier molecular flexibility index (Phi) is 4.81. The number of hydrogen-bond acceptors (Lipinski definition) is 5. The van der Waals surface area contributed by atoms with Crippen LogP contribution >= 0.6 is 11.6 Å². The average molecular weight is 330 g/mol. The molecular weight excluding hydrogens is 314 g/mol. The zero-order chi connectivity index (χ0) is 15.6. The number of Topliss-reactive ketones (excluding diaryl/α,β-unsaturated/α-hetero) is 1. The van der Waals surface area contributed by atoms with Crippen LogP contribution in [0.2, 0.25) is 0 Å². The topological polar surface area (TPSA) is 80.3 Å². The number of halogens is 1. The average Bonchev–Trinajstić information content (AvgIpc) is 2.99. The second-order valence-corrected chi connectivity index (χ2v) is 7.37. The molecule has 1 aliphatic rings. The number of benzene rings is 1. The summed E-state index contributed by atoms with van der Waals surface area (Å²) < 4.78 is 24.4. The van der Waals surface area contributed by atoms with Gasteiger partial charge in [-0.25, -0.2) is 8.42 Å². The number of nitrogens with one attached hydrogen (secondary N) is 1. The van der Waals surface area contributed by atoms with E-state index in [4.69, 9.17) is 11.6 Å². The normalized spacial score (nSPS) is 20.2. The van der Waals surface area contributed by atoms with Crippen molar-refractivity contribution in [2.45, 2.75) is 36.1 Å². The minimum absolute atomic E-state index is 0.143. The molecule has 0 amide bonds. The van der Waals surface area contributed by atoms with Gasteiger partial charge in [-0.2, -0.15) is 0 Å². The van der Waals surface area contributed by atoms with Crippen LogP contribution in [0.5, 0.6) is 0 Å². The first-order valence-electron chi connectivity index (χ1n) is 6.61. The highest BCUT2D eigenvalue weighted by Crippen LogP contribution is 2.19. The lowest BCUT2D eigenvalue weighted by Crippen LogP contribution is -2.41. The number of aryl methyl sites for hydroxylation is 1. The Morgan fingerprint density at radius 1 is 1.29 bits per heavy atom. The summed E-state index contributed by atoms with van der Waals surface area (Å²) in [4.78, 5) is 24.0. The molecule has 1 aliphatic heterocycles. The van der Waals surface area contributed by atoms with Crippen LogP contribution in [0, 0.1) is 6.92 Å². The van der Waals surface area contributed by atoms with E-state index in [1.807, 2.05) is 0 Å². The number of ketones is 1. The molecule has 2 atom stereocenters. The van der Waals surface area contributed by atoms with E-state index < -0.39 is 32.2 Å². The summed E-state index contributed by atoms with van der Waals surface area (Å²) in [5.41, 5.74) is 0.870. The van der Waals surface area contributed by atoms with Crippen LogP contribution in [0.3, 0.4) is 0 Å². The third-order valence-electron chi connectivity index (χ3n) is 3.46. The number of alkyl halides is 1. The van der Waals surface area contributed by atoms with E-state index in [2.05, 4.69) is 5.32 Å². The van der Waals surface area contributed by atoms with E-state index in [1.165, 1.54) is 12.1 Å². The van der Waals surface area contributed by atoms with Crippen LogP contribution in [-0.2, 0) is 19.4 Å². The highest BCUT2D eigenvalue weighted by atomic mass is 35.5. The Morgan fingerprint density at radius 2 is 1.90 bits per heavy atom. The zero-order valence-corrected chi connectivity index (χ0v) is 13.1. The maximum Gasteiger partial charge on any atom is 0.276 e. The van der Waals surface area contributed by atoms with E-state index in [0.717, 1.165) is 12.0 Å². The summed E-state index contributed by atoms with van der Waals surface area (Å²) in [5.74, 6) is -0.574. The minimum Gasteiger partial charge on any atom is -0.307 e. The van der Waals surface area contributed by atoms with Crippen LogP contribution in [-0.4, -0.2) is 37.3 Å². The summed E-state index contributed by atoms with van der Waals surface area (Å²) in [7, 11) is -4.25. The maximum absolute atomic E-state index is 12.2. The molecule has 1 heterocycles. The van der Waals surface area contributed by atoms with Crippen LogP contribution < -0.4 is 5.32 Å². The van der Waals surface area contributed by atoms with Gasteiger partial charge in [-0.3, -0.25) is 9.59 Å². The van der Waals surface area contributed by atoms with Gasteiger partial charge in [0.05, 0.1) is 10.9 Å². The fraction of sp³-hybridized carbons (Fsp3) is 0.429. The summed E-state index contributed by atoms with van der Waals surface area (Å²) in [6.07, 6.45) is 1.37. The first kappa shape index (κ1) is 16.1. The van der Waals surface area contributed by atoms with Crippen molar-refractivity contribution in [2.75, 3.05) is 6.54 Å². The fourth-order valence-electron chi connectivity index (χ4n) is 2.19. The van der Waals surface area contributed by atoms with Crippen molar-refractivity contribution in [3.63, 3.8) is 0 Å². The number of rotatable bonds is 4. The number of sulfone groups is 1. The van der Waals surface area contributed by atoms with Crippen LogP contribution in [0.1, 0.15) is 18.4 Å². The van der Waals surface area contributed by atoms with E-state index in [0.29, 0.717) is 13.0 Å². The molecule has 1 aromatic carbocycles. The number of carbonyl (C=O) groups excluding carboxylic acids is 2. The van der Waals surface area contributed by atoms with Gasteiger partial charge in [0.25, 0.3) is 5.12 Å². The highest BCUT2D eigenvalue weighted by molar-refractivity contribution is 8.06. The van der Waals surface area contributed by atoms with E-state index in [9.17, 15) is 18.0 Å². The molecular formula is C14H16ClNO4S. The zero-order valence-electron chi connectivity index (χ0n) is 11.5. The molecule has 1 saturated heterocycles. The van der Waals surface area contributed by atoms with Gasteiger partial charge >= 0.3 is 0 Å². The molecule has 0 aromatic heterocycles. The predicted octanol–water partition coefficient (Wildman–Crippen LogP) is 1.22. The van der Waals surface area contributed by atoms with Gasteiger partial charge in [0.2, 0.25) is 9.84 Å². The van der Waals surface area contributed by atoms with Crippen molar-refractivity contribution in [3.05, 3.63) is 29.8 Å². The van der Waals surface area contributed by atoms with Crippen molar-refractivity contribution in [3.8, 4) is 0 Å². The smallest absolute Gasteiger partial charge is 0.276 e. The van der Waals surface area contributed by atoms with E-state index in [-0.39, 0.29) is 4.90 Å². The van der Waals surface area contributed by atoms with Crippen LogP contribution in [0.15, 0.2) is 29.2 Å². The molecule has 1 unspecified atom stereocenters. The third-order valence-corrected chi connectivity index (χ3v) is 5.66. The lowest BCUT2D eigenvalue weighted by atomic mass is 10.1. The van der Waals surface area contributed by atoms with Crippen molar-refractivity contribution in [1.82, 2.24) is 5.32 Å². The predicted molar refractivity (Wildman–Crippen MR) is 79.0 cm³/mol. The lowest BCUT2D eigenvalue weighted by Gasteiger charge is -2.13. The number of carbonyl (C=O) groups is 2. The maximum atomic E-state index is 12.2. The van der Waals surface area contributed by atoms with Gasteiger partial charge in [0.1, 0.15) is 0 Å². The van der Waals surface area contributed by atoms with Gasteiger partial charge < -0.3 is 5.32 Å². The Labute approximate surface area is 128 Å². The second kappa shape index (κ2) is 6.25. The molecule has 0 bridgehead atoms. The molecule has 114 valence electrons. The minimum atomic E-state index is -4.25. The molecule has 21 heavy (non-hydrogen) atoms. The molecule has 0 spiro atoms. The molecule has 1 aromatic rings. The molecule has 5 nitrogen and oxygen atoms in total. The monoisotopic (exact) mass is 329 g/mol. The Balaban J connectivity index is 2.21. The first-order valence-corrected chi connectivity index (χ1v) is 8.53. The summed E-state index contributed by atoms with van der Waals surface area (Å²) in [6.45, 7) is 2.47. The Hall–Kier alpha value is -1.24. The van der Waals surface area contributed by atoms with E-state index >= 15 is 0 Å². The Bertz CT molecular complexity index is 648. The van der Waals surface area contributed by atoms with Gasteiger partial charge in [0, 0.05) is 0 Å². The number of hydrogen-bond donors (Lipinski definition) is 1. The van der Waals surface area contributed by atoms with Crippen molar-refractivity contribution in [1.29, 1.82) is 0 Å². The fourth-order valence-corrected chi connectivity index (χ4v) is 3.81. The van der Waals surface area contributed by atoms with Crippen molar-refractivity contribution < 1.29 is 18.0 Å². The molecule has 2 rings (SSSR count). The van der Waals surface area contributed by atoms with Gasteiger partial charge in [0.15, 0.2) is 11.2 Å². The lowest BCUT2D eigenvalue weighted by molar-refractivity contribution is -0.124. The van der Waals surface area contributed by atoms with Crippen molar-refractivity contribution >= 4 is 32.3 Å². The van der Waals surface area contributed by atoms with Gasteiger partial charge in [-0.15, -0.1) is 11.6 Å². The molecule has 1 N–H and O–H groups in total. The first-order chi connectivity index (χ1) is 9.84. The standard InChI is InChI=1S/C14H16ClNO4S/c1-9-4-6-10(7-5-9)21(19,20)14(18)12(15)13(17)11-3-2-8-16-11/h4-7,11-12,16H,2-3,8H2,1H3/t11-,12?/m0/s1. The summed E-state index contributed by atoms with van der Waals surface area (Å²) >= 11 is 5.81. The van der Waals surface area contributed by atoms with Crippen molar-refractivity contribution in [2.24, 2.45) is 0 Å². The summed E-state index contributed by atoms with van der Waals surface area (Å²) in [5, 5.41) is -0.0220. The second-order valence-electron chi connectivity index (χ2n) is 5.05.